The van der Waals surface area contributed by atoms with E-state index in [2.05, 4.69) is 237 Å². The van der Waals surface area contributed by atoms with Gasteiger partial charge in [-0.2, -0.15) is 0 Å². The highest BCUT2D eigenvalue weighted by Crippen LogP contribution is 2.55. The summed E-state index contributed by atoms with van der Waals surface area (Å²) in [5, 5.41) is 10.1. The molecule has 64 heavy (non-hydrogen) atoms. The van der Waals surface area contributed by atoms with Crippen molar-refractivity contribution < 1.29 is 0 Å². The number of pyridine rings is 1. The second kappa shape index (κ2) is 14.0. The number of fused-ring (bicyclic) bond motifs is 8. The minimum atomic E-state index is -0.239. The number of hydrogen-bond acceptors (Lipinski definition) is 1. The first kappa shape index (κ1) is 36.6. The average Bonchev–Trinajstić information content (AvgIpc) is 3.84. The largest absolute Gasteiger partial charge is 0.299 e. The smallest absolute Gasteiger partial charge is 0.137 e. The summed E-state index contributed by atoms with van der Waals surface area (Å²) >= 11 is 0. The van der Waals surface area contributed by atoms with Gasteiger partial charge in [-0.1, -0.05) is 196 Å². The van der Waals surface area contributed by atoms with Crippen LogP contribution in [0.15, 0.2) is 219 Å². The molecule has 12 aromatic rings. The van der Waals surface area contributed by atoms with Crippen molar-refractivity contribution in [3.63, 3.8) is 0 Å². The Kier molecular flexibility index (Phi) is 7.98. The molecule has 1 aliphatic carbocycles. The van der Waals surface area contributed by atoms with Crippen LogP contribution in [0.2, 0.25) is 0 Å². The van der Waals surface area contributed by atoms with Crippen LogP contribution in [0.1, 0.15) is 25.0 Å². The summed E-state index contributed by atoms with van der Waals surface area (Å²) < 4.78 is 2.20. The Labute approximate surface area is 372 Å². The number of benzene rings is 10. The van der Waals surface area contributed by atoms with Crippen LogP contribution in [-0.4, -0.2) is 9.38 Å². The van der Waals surface area contributed by atoms with Crippen LogP contribution in [0.5, 0.6) is 0 Å². The van der Waals surface area contributed by atoms with Crippen LogP contribution in [-0.2, 0) is 5.41 Å². The molecule has 0 radical (unpaired) electrons. The van der Waals surface area contributed by atoms with Crippen LogP contribution >= 0.6 is 0 Å². The molecule has 2 aromatic heterocycles. The first-order chi connectivity index (χ1) is 31.5. The third kappa shape index (κ3) is 5.42. The second-order valence-corrected chi connectivity index (χ2v) is 17.9. The van der Waals surface area contributed by atoms with Crippen LogP contribution < -0.4 is 0 Å². The maximum atomic E-state index is 5.14. The molecule has 10 aromatic carbocycles. The molecule has 0 aliphatic heterocycles. The molecular formula is C62H42N2. The fraction of sp³-hybridized carbons (Fsp3) is 0.0484. The molecule has 2 nitrogen and oxygen atoms in total. The number of rotatable bonds is 5. The van der Waals surface area contributed by atoms with E-state index in [9.17, 15) is 0 Å². The maximum Gasteiger partial charge on any atom is 0.137 e. The second-order valence-electron chi connectivity index (χ2n) is 17.9. The Balaban J connectivity index is 1.01. The molecule has 2 heteroatoms. The van der Waals surface area contributed by atoms with Crippen molar-refractivity contribution >= 4 is 48.7 Å². The lowest BCUT2D eigenvalue weighted by Crippen LogP contribution is -2.15. The molecule has 0 atom stereocenters. The Hall–Kier alpha value is -8.07. The van der Waals surface area contributed by atoms with Crippen molar-refractivity contribution in [2.24, 2.45) is 0 Å². The van der Waals surface area contributed by atoms with Crippen LogP contribution in [0.3, 0.4) is 0 Å². The molecule has 300 valence electrons. The Morgan fingerprint density at radius 1 is 0.359 bits per heavy atom. The lowest BCUT2D eigenvalue weighted by atomic mass is 9.78. The number of hydrogen-bond donors (Lipinski definition) is 0. The van der Waals surface area contributed by atoms with Crippen molar-refractivity contribution in [1.29, 1.82) is 0 Å². The van der Waals surface area contributed by atoms with E-state index in [4.69, 9.17) is 4.98 Å². The SMILES string of the molecule is CC1(C)c2cc(-c3ccc(-c4nc5ccccn5c4-c4ccccc4)cc3)ccc2-c2cc3c(-c4cccc5ccccc45)c4ccccc4c(-c4cccc5ccccc45)c3cc21. The van der Waals surface area contributed by atoms with E-state index in [1.54, 1.807) is 0 Å². The molecule has 1 aliphatic rings. The van der Waals surface area contributed by atoms with Gasteiger partial charge in [-0.3, -0.25) is 4.40 Å². The van der Waals surface area contributed by atoms with Gasteiger partial charge >= 0.3 is 0 Å². The summed E-state index contributed by atoms with van der Waals surface area (Å²) in [6.07, 6.45) is 2.10. The molecule has 0 fully saturated rings. The zero-order valence-electron chi connectivity index (χ0n) is 35.7. The summed E-state index contributed by atoms with van der Waals surface area (Å²) in [6, 6.07) is 78.3. The van der Waals surface area contributed by atoms with E-state index in [0.717, 1.165) is 28.2 Å². The lowest BCUT2D eigenvalue weighted by Gasteiger charge is -2.24. The Morgan fingerprint density at radius 2 is 0.891 bits per heavy atom. The quantitative estimate of drug-likeness (QED) is 0.158. The topological polar surface area (TPSA) is 17.3 Å². The van der Waals surface area contributed by atoms with E-state index < -0.39 is 0 Å². The third-order valence-electron chi connectivity index (χ3n) is 14.0. The van der Waals surface area contributed by atoms with Gasteiger partial charge in [-0.25, -0.2) is 4.98 Å². The molecule has 2 heterocycles. The molecular weight excluding hydrogens is 773 g/mol. The minimum absolute atomic E-state index is 0.239. The van der Waals surface area contributed by atoms with Gasteiger partial charge in [0.15, 0.2) is 0 Å². The van der Waals surface area contributed by atoms with Gasteiger partial charge < -0.3 is 0 Å². The van der Waals surface area contributed by atoms with E-state index in [1.807, 2.05) is 0 Å². The van der Waals surface area contributed by atoms with Crippen molar-refractivity contribution in [1.82, 2.24) is 9.38 Å². The number of nitrogens with zero attached hydrogens (tertiary/aromatic N) is 2. The highest BCUT2D eigenvalue weighted by Gasteiger charge is 2.37. The highest BCUT2D eigenvalue weighted by atomic mass is 15.0. The van der Waals surface area contributed by atoms with E-state index in [-0.39, 0.29) is 5.41 Å². The van der Waals surface area contributed by atoms with Gasteiger partial charge in [0.1, 0.15) is 5.65 Å². The van der Waals surface area contributed by atoms with Gasteiger partial charge in [0.2, 0.25) is 0 Å². The molecule has 0 spiro atoms. The van der Waals surface area contributed by atoms with Crippen LogP contribution in [0, 0.1) is 0 Å². The summed E-state index contributed by atoms with van der Waals surface area (Å²) in [5.74, 6) is 0. The molecule has 0 amide bonds. The first-order valence-electron chi connectivity index (χ1n) is 22.3. The van der Waals surface area contributed by atoms with Crippen molar-refractivity contribution in [3.05, 3.63) is 230 Å². The van der Waals surface area contributed by atoms with Crippen LogP contribution in [0.25, 0.3) is 116 Å². The summed E-state index contributed by atoms with van der Waals surface area (Å²) in [7, 11) is 0. The Morgan fingerprint density at radius 3 is 1.56 bits per heavy atom. The maximum absolute atomic E-state index is 5.14. The van der Waals surface area contributed by atoms with Gasteiger partial charge in [0, 0.05) is 22.7 Å². The predicted octanol–water partition coefficient (Wildman–Crippen LogP) is 16.6. The van der Waals surface area contributed by atoms with Crippen molar-refractivity contribution in [3.8, 4) is 67.0 Å². The van der Waals surface area contributed by atoms with Crippen molar-refractivity contribution in [2.75, 3.05) is 0 Å². The predicted molar refractivity (Wildman–Crippen MR) is 270 cm³/mol. The van der Waals surface area contributed by atoms with E-state index in [1.165, 1.54) is 98.7 Å². The van der Waals surface area contributed by atoms with Crippen LogP contribution in [0.4, 0.5) is 0 Å². The first-order valence-corrected chi connectivity index (χ1v) is 22.3. The monoisotopic (exact) mass is 814 g/mol. The molecule has 0 N–H and O–H groups in total. The summed E-state index contributed by atoms with van der Waals surface area (Å²) in [4.78, 5) is 5.14. The van der Waals surface area contributed by atoms with Gasteiger partial charge in [-0.05, 0) is 129 Å². The highest BCUT2D eigenvalue weighted by molar-refractivity contribution is 6.26. The molecule has 0 unspecified atom stereocenters. The molecule has 13 rings (SSSR count). The zero-order chi connectivity index (χ0) is 42.5. The number of imidazole rings is 1. The number of aromatic nitrogens is 2. The van der Waals surface area contributed by atoms with Gasteiger partial charge in [0.25, 0.3) is 0 Å². The van der Waals surface area contributed by atoms with Crippen molar-refractivity contribution in [2.45, 2.75) is 19.3 Å². The molecule has 0 saturated heterocycles. The zero-order valence-corrected chi connectivity index (χ0v) is 35.7. The minimum Gasteiger partial charge on any atom is -0.299 e. The average molecular weight is 815 g/mol. The molecule has 0 bridgehead atoms. The third-order valence-corrected chi connectivity index (χ3v) is 14.0. The normalized spacial score (nSPS) is 13.0. The van der Waals surface area contributed by atoms with E-state index >= 15 is 0 Å². The fourth-order valence-corrected chi connectivity index (χ4v) is 10.9. The van der Waals surface area contributed by atoms with Gasteiger partial charge in [-0.15, -0.1) is 0 Å². The standard InChI is InChI=1S/C62H42N2/c1-62(2)55-36-44(39-29-31-42(32-30-39)60-61(43-18-4-3-5-19-43)64-35-13-12-28-57(64)63-60)33-34-47(55)52-37-53-54(38-56(52)62)59(49-27-15-21-41-17-7-9-23-46(41)49)51-25-11-10-24-50(51)58(53)48-26-14-20-40-16-6-8-22-45(40)48/h3-38H,1-2H3. The Bertz CT molecular complexity index is 3840. The lowest BCUT2D eigenvalue weighted by molar-refractivity contribution is 0.661. The van der Waals surface area contributed by atoms with E-state index in [0.29, 0.717) is 0 Å². The summed E-state index contributed by atoms with van der Waals surface area (Å²) in [5.41, 5.74) is 17.9. The fourth-order valence-electron chi connectivity index (χ4n) is 10.9. The molecule has 0 saturated carbocycles. The van der Waals surface area contributed by atoms with Gasteiger partial charge in [0.05, 0.1) is 11.4 Å². The summed E-state index contributed by atoms with van der Waals surface area (Å²) in [6.45, 7) is 4.82.